The van der Waals surface area contributed by atoms with E-state index in [1.165, 1.54) is 6.07 Å². The number of hydrogen-bond acceptors (Lipinski definition) is 2. The van der Waals surface area contributed by atoms with Gasteiger partial charge < -0.3 is 10.6 Å². The van der Waals surface area contributed by atoms with Crippen LogP contribution in [0.5, 0.6) is 0 Å². The standard InChI is InChI=1S/C20H30FN3OS/c1-3-26(25)18-9-5-8-17(13-18)24-19(22-2)23-14-20(10-11-20)15-6-4-7-16(21)12-15/h4,6-7,12,17-18H,3,5,8-11,13-14H2,1-2H3,(H2,22,23,24). The van der Waals surface area contributed by atoms with Gasteiger partial charge in [0.2, 0.25) is 0 Å². The summed E-state index contributed by atoms with van der Waals surface area (Å²) in [7, 11) is 1.06. The number of hydrogen-bond donors (Lipinski definition) is 2. The van der Waals surface area contributed by atoms with Crippen molar-refractivity contribution in [3.05, 3.63) is 35.6 Å². The van der Waals surface area contributed by atoms with Crippen molar-refractivity contribution < 1.29 is 8.60 Å². The molecule has 4 nitrogen and oxygen atoms in total. The lowest BCUT2D eigenvalue weighted by Crippen LogP contribution is -2.48. The van der Waals surface area contributed by atoms with Gasteiger partial charge in [-0.3, -0.25) is 9.20 Å². The van der Waals surface area contributed by atoms with Crippen LogP contribution in [0.2, 0.25) is 0 Å². The fourth-order valence-corrected chi connectivity index (χ4v) is 5.28. The fraction of sp³-hybridized carbons (Fsp3) is 0.650. The molecule has 144 valence electrons. The van der Waals surface area contributed by atoms with Crippen LogP contribution < -0.4 is 10.6 Å². The molecule has 0 aromatic heterocycles. The highest BCUT2D eigenvalue weighted by Crippen LogP contribution is 2.47. The van der Waals surface area contributed by atoms with E-state index < -0.39 is 10.8 Å². The summed E-state index contributed by atoms with van der Waals surface area (Å²) in [5.41, 5.74) is 1.09. The highest BCUT2D eigenvalue weighted by Gasteiger charge is 2.44. The molecule has 0 aliphatic heterocycles. The van der Waals surface area contributed by atoms with Gasteiger partial charge in [-0.25, -0.2) is 4.39 Å². The number of benzene rings is 1. The minimum absolute atomic E-state index is 0.0263. The lowest BCUT2D eigenvalue weighted by atomic mass is 9.95. The Labute approximate surface area is 158 Å². The normalized spacial score (nSPS) is 26.2. The molecule has 1 aromatic rings. The molecule has 0 bridgehead atoms. The van der Waals surface area contributed by atoms with E-state index in [-0.39, 0.29) is 11.2 Å². The van der Waals surface area contributed by atoms with E-state index >= 15 is 0 Å². The fourth-order valence-electron chi connectivity index (χ4n) is 3.93. The molecule has 2 aliphatic rings. The summed E-state index contributed by atoms with van der Waals surface area (Å²) >= 11 is 0. The predicted octanol–water partition coefficient (Wildman–Crippen LogP) is 3.10. The van der Waals surface area contributed by atoms with Gasteiger partial charge in [0, 0.05) is 46.9 Å². The molecule has 1 aromatic carbocycles. The third-order valence-electron chi connectivity index (χ3n) is 5.73. The summed E-state index contributed by atoms with van der Waals surface area (Å²) < 4.78 is 25.7. The Morgan fingerprint density at radius 1 is 1.38 bits per heavy atom. The van der Waals surface area contributed by atoms with Crippen LogP contribution in [0, 0.1) is 5.82 Å². The monoisotopic (exact) mass is 379 g/mol. The molecule has 2 N–H and O–H groups in total. The quantitative estimate of drug-likeness (QED) is 0.590. The molecule has 3 unspecified atom stereocenters. The van der Waals surface area contributed by atoms with Crippen molar-refractivity contribution in [2.45, 2.75) is 62.2 Å². The second kappa shape index (κ2) is 8.51. The minimum atomic E-state index is -0.722. The molecule has 2 fully saturated rings. The van der Waals surface area contributed by atoms with Gasteiger partial charge in [-0.05, 0) is 49.8 Å². The summed E-state index contributed by atoms with van der Waals surface area (Å²) in [6.45, 7) is 2.75. The van der Waals surface area contributed by atoms with Crippen molar-refractivity contribution in [1.82, 2.24) is 10.6 Å². The number of guanidine groups is 1. The number of nitrogens with zero attached hydrogens (tertiary/aromatic N) is 1. The Morgan fingerprint density at radius 3 is 2.85 bits per heavy atom. The zero-order valence-corrected chi connectivity index (χ0v) is 16.6. The second-order valence-electron chi connectivity index (χ2n) is 7.52. The maximum absolute atomic E-state index is 13.5. The third-order valence-corrected chi connectivity index (χ3v) is 7.47. The minimum Gasteiger partial charge on any atom is -0.356 e. The highest BCUT2D eigenvalue weighted by atomic mass is 32.2. The molecule has 0 amide bonds. The predicted molar refractivity (Wildman–Crippen MR) is 107 cm³/mol. The van der Waals surface area contributed by atoms with Crippen LogP contribution in [0.15, 0.2) is 29.3 Å². The summed E-state index contributed by atoms with van der Waals surface area (Å²) in [6, 6.07) is 7.26. The molecule has 26 heavy (non-hydrogen) atoms. The van der Waals surface area contributed by atoms with Gasteiger partial charge >= 0.3 is 0 Å². The summed E-state index contributed by atoms with van der Waals surface area (Å²) in [5, 5.41) is 7.24. The number of aliphatic imine (C=N–C) groups is 1. The van der Waals surface area contributed by atoms with Crippen LogP contribution in [0.1, 0.15) is 51.0 Å². The average molecular weight is 380 g/mol. The van der Waals surface area contributed by atoms with Crippen LogP contribution in [0.3, 0.4) is 0 Å². The van der Waals surface area contributed by atoms with E-state index in [2.05, 4.69) is 15.6 Å². The van der Waals surface area contributed by atoms with Gasteiger partial charge in [0.05, 0.1) is 0 Å². The van der Waals surface area contributed by atoms with Crippen molar-refractivity contribution >= 4 is 16.8 Å². The topological polar surface area (TPSA) is 53.5 Å². The Balaban J connectivity index is 1.55. The largest absolute Gasteiger partial charge is 0.356 e. The van der Waals surface area contributed by atoms with Gasteiger partial charge in [0.25, 0.3) is 0 Å². The van der Waals surface area contributed by atoms with E-state index in [9.17, 15) is 8.60 Å². The molecule has 6 heteroatoms. The van der Waals surface area contributed by atoms with Crippen molar-refractivity contribution in [3.63, 3.8) is 0 Å². The SMILES string of the molecule is CCS(=O)C1CCCC(NC(=NC)NCC2(c3cccc(F)c3)CC2)C1. The maximum atomic E-state index is 13.5. The van der Waals surface area contributed by atoms with E-state index in [0.29, 0.717) is 11.3 Å². The Morgan fingerprint density at radius 2 is 2.19 bits per heavy atom. The number of nitrogens with one attached hydrogen (secondary N) is 2. The lowest BCUT2D eigenvalue weighted by molar-refractivity contribution is 0.413. The smallest absolute Gasteiger partial charge is 0.191 e. The summed E-state index contributed by atoms with van der Waals surface area (Å²) in [6.07, 6.45) is 6.35. The summed E-state index contributed by atoms with van der Waals surface area (Å²) in [5.74, 6) is 1.36. The van der Waals surface area contributed by atoms with Gasteiger partial charge in [-0.1, -0.05) is 25.5 Å². The van der Waals surface area contributed by atoms with Gasteiger partial charge in [-0.15, -0.1) is 0 Å². The van der Waals surface area contributed by atoms with Crippen LogP contribution in [0.4, 0.5) is 4.39 Å². The first-order valence-corrected chi connectivity index (χ1v) is 11.0. The molecular weight excluding hydrogens is 349 g/mol. The molecular formula is C20H30FN3OS. The number of rotatable bonds is 6. The maximum Gasteiger partial charge on any atom is 0.191 e. The zero-order valence-electron chi connectivity index (χ0n) is 15.8. The van der Waals surface area contributed by atoms with Crippen LogP contribution in [0.25, 0.3) is 0 Å². The van der Waals surface area contributed by atoms with E-state index in [1.807, 2.05) is 13.0 Å². The molecule has 0 saturated heterocycles. The van der Waals surface area contributed by atoms with Gasteiger partial charge in [0.1, 0.15) is 5.82 Å². The Hall–Kier alpha value is -1.43. The average Bonchev–Trinajstić information content (AvgIpc) is 3.46. The Kier molecular flexibility index (Phi) is 6.33. The van der Waals surface area contributed by atoms with Crippen molar-refractivity contribution in [2.24, 2.45) is 4.99 Å². The number of halogens is 1. The molecule has 0 spiro atoms. The van der Waals surface area contributed by atoms with Crippen molar-refractivity contribution in [3.8, 4) is 0 Å². The van der Waals surface area contributed by atoms with Crippen molar-refractivity contribution in [1.29, 1.82) is 0 Å². The second-order valence-corrected chi connectivity index (χ2v) is 9.52. The molecule has 0 heterocycles. The molecule has 3 rings (SSSR count). The van der Waals surface area contributed by atoms with Crippen molar-refractivity contribution in [2.75, 3.05) is 19.3 Å². The molecule has 3 atom stereocenters. The summed E-state index contributed by atoms with van der Waals surface area (Å²) in [4.78, 5) is 4.36. The van der Waals surface area contributed by atoms with Crippen LogP contribution in [-0.4, -0.2) is 40.8 Å². The first-order chi connectivity index (χ1) is 12.6. The molecule has 2 aliphatic carbocycles. The zero-order chi connectivity index (χ0) is 18.6. The first-order valence-electron chi connectivity index (χ1n) is 9.67. The molecule has 0 radical (unpaired) electrons. The van der Waals surface area contributed by atoms with Gasteiger partial charge in [-0.2, -0.15) is 0 Å². The first kappa shape index (κ1) is 19.3. The molecule has 2 saturated carbocycles. The van der Waals surface area contributed by atoms with Crippen LogP contribution >= 0.6 is 0 Å². The van der Waals surface area contributed by atoms with Crippen LogP contribution in [-0.2, 0) is 16.2 Å². The van der Waals surface area contributed by atoms with E-state index in [4.69, 9.17) is 0 Å². The van der Waals surface area contributed by atoms with Gasteiger partial charge in [0.15, 0.2) is 5.96 Å². The van der Waals surface area contributed by atoms with E-state index in [0.717, 1.165) is 62.3 Å². The van der Waals surface area contributed by atoms with E-state index in [1.54, 1.807) is 19.2 Å². The Bertz CT molecular complexity index is 675. The highest BCUT2D eigenvalue weighted by molar-refractivity contribution is 7.85. The lowest BCUT2D eigenvalue weighted by Gasteiger charge is -2.30. The third kappa shape index (κ3) is 4.64.